The second kappa shape index (κ2) is 9.51. The Kier molecular flexibility index (Phi) is 6.31. The Morgan fingerprint density at radius 2 is 1.97 bits per heavy atom. The van der Waals surface area contributed by atoms with Crippen LogP contribution >= 0.6 is 11.6 Å². The van der Waals surface area contributed by atoms with Crippen LogP contribution in [0.25, 0.3) is 10.8 Å². The molecule has 8 nitrogen and oxygen atoms in total. The highest BCUT2D eigenvalue weighted by Crippen LogP contribution is 2.53. The van der Waals surface area contributed by atoms with Crippen LogP contribution in [0, 0.1) is 11.8 Å². The standard InChI is InChI=1S/C28H32ClN5O3/c1-17-25(21-5-3-4-6-30-21)26(17)27(36)32-24-13-18-12-22(20(29)11-19(18)14-31-24)33-7-9-34(10-8-33)28(2)16-37-15-23(28)35/h3-6,11-14,17,23,25-26,35H,7-10,15-16H2,1-2H3,(H,31,32,36)/t17-,23+,25-,26+,28-/m1/s1. The Hall–Kier alpha value is -2.78. The second-order valence-corrected chi connectivity index (χ2v) is 11.1. The summed E-state index contributed by atoms with van der Waals surface area (Å²) in [4.78, 5) is 26.5. The largest absolute Gasteiger partial charge is 0.389 e. The molecule has 2 saturated heterocycles. The number of fused-ring (bicyclic) bond motifs is 1. The van der Waals surface area contributed by atoms with Crippen LogP contribution in [0.5, 0.6) is 0 Å². The topological polar surface area (TPSA) is 90.8 Å². The normalized spacial score (nSPS) is 30.0. The van der Waals surface area contributed by atoms with E-state index >= 15 is 0 Å². The molecule has 1 aromatic carbocycles. The van der Waals surface area contributed by atoms with Gasteiger partial charge in [0.1, 0.15) is 5.82 Å². The quantitative estimate of drug-likeness (QED) is 0.530. The van der Waals surface area contributed by atoms with Crippen LogP contribution in [-0.2, 0) is 9.53 Å². The van der Waals surface area contributed by atoms with Crippen molar-refractivity contribution < 1.29 is 14.6 Å². The fourth-order valence-electron chi connectivity index (χ4n) is 5.98. The van der Waals surface area contributed by atoms with Crippen molar-refractivity contribution in [2.24, 2.45) is 11.8 Å². The third-order valence-electron chi connectivity index (χ3n) is 8.48. The number of rotatable bonds is 5. The van der Waals surface area contributed by atoms with E-state index in [0.29, 0.717) is 24.1 Å². The van der Waals surface area contributed by atoms with Gasteiger partial charge in [0.15, 0.2) is 0 Å². The van der Waals surface area contributed by atoms with Crippen molar-refractivity contribution in [2.45, 2.75) is 31.4 Å². The first-order valence-electron chi connectivity index (χ1n) is 12.9. The van der Waals surface area contributed by atoms with E-state index in [-0.39, 0.29) is 29.2 Å². The molecule has 194 valence electrons. The van der Waals surface area contributed by atoms with Gasteiger partial charge in [0, 0.05) is 55.6 Å². The number of aliphatic hydroxyl groups is 1. The molecule has 1 aliphatic carbocycles. The van der Waals surface area contributed by atoms with Gasteiger partial charge in [0.05, 0.1) is 41.5 Å². The van der Waals surface area contributed by atoms with Crippen LogP contribution in [0.15, 0.2) is 48.8 Å². The molecule has 1 amide bonds. The lowest BCUT2D eigenvalue weighted by Crippen LogP contribution is -2.60. The smallest absolute Gasteiger partial charge is 0.229 e. The number of halogens is 1. The van der Waals surface area contributed by atoms with Gasteiger partial charge in [-0.2, -0.15) is 0 Å². The second-order valence-electron chi connectivity index (χ2n) is 10.7. The lowest BCUT2D eigenvalue weighted by molar-refractivity contribution is -0.117. The minimum atomic E-state index is -0.470. The number of pyridine rings is 2. The summed E-state index contributed by atoms with van der Waals surface area (Å²) in [6.45, 7) is 8.35. The van der Waals surface area contributed by atoms with E-state index in [0.717, 1.165) is 48.3 Å². The van der Waals surface area contributed by atoms with Crippen LogP contribution < -0.4 is 10.2 Å². The van der Waals surface area contributed by atoms with E-state index in [9.17, 15) is 9.90 Å². The number of aromatic nitrogens is 2. The maximum Gasteiger partial charge on any atom is 0.229 e. The van der Waals surface area contributed by atoms with Crippen molar-refractivity contribution in [1.29, 1.82) is 0 Å². The van der Waals surface area contributed by atoms with Crippen molar-refractivity contribution in [3.63, 3.8) is 0 Å². The monoisotopic (exact) mass is 521 g/mol. The molecular formula is C28H32ClN5O3. The summed E-state index contributed by atoms with van der Waals surface area (Å²) in [7, 11) is 0. The van der Waals surface area contributed by atoms with E-state index in [1.54, 1.807) is 12.4 Å². The Bertz CT molecular complexity index is 1320. The first-order valence-corrected chi connectivity index (χ1v) is 13.3. The van der Waals surface area contributed by atoms with Gasteiger partial charge in [-0.25, -0.2) is 4.98 Å². The molecule has 4 heterocycles. The maximum absolute atomic E-state index is 13.0. The number of aliphatic hydroxyl groups excluding tert-OH is 1. The molecule has 0 radical (unpaired) electrons. The maximum atomic E-state index is 13.0. The first kappa shape index (κ1) is 24.6. The third kappa shape index (κ3) is 4.46. The Morgan fingerprint density at radius 1 is 1.16 bits per heavy atom. The highest BCUT2D eigenvalue weighted by Gasteiger charge is 2.53. The summed E-state index contributed by atoms with van der Waals surface area (Å²) >= 11 is 6.70. The number of hydrogen-bond acceptors (Lipinski definition) is 7. The molecule has 2 N–H and O–H groups in total. The first-order chi connectivity index (χ1) is 17.8. The molecule has 2 aliphatic heterocycles. The van der Waals surface area contributed by atoms with E-state index in [2.05, 4.69) is 45.0 Å². The Balaban J connectivity index is 1.16. The third-order valence-corrected chi connectivity index (χ3v) is 8.78. The highest BCUT2D eigenvalue weighted by atomic mass is 35.5. The molecule has 3 aromatic rings. The van der Waals surface area contributed by atoms with E-state index in [1.165, 1.54) is 0 Å². The Morgan fingerprint density at radius 3 is 2.68 bits per heavy atom. The summed E-state index contributed by atoms with van der Waals surface area (Å²) in [6, 6.07) is 11.8. The molecule has 2 aromatic heterocycles. The predicted octanol–water partition coefficient (Wildman–Crippen LogP) is 3.54. The van der Waals surface area contributed by atoms with Crippen molar-refractivity contribution in [3.8, 4) is 0 Å². The van der Waals surface area contributed by atoms with Crippen molar-refractivity contribution in [2.75, 3.05) is 49.6 Å². The molecule has 3 fully saturated rings. The lowest BCUT2D eigenvalue weighted by Gasteiger charge is -2.45. The molecule has 3 aliphatic rings. The highest BCUT2D eigenvalue weighted by molar-refractivity contribution is 6.34. The number of carbonyl (C=O) groups excluding carboxylic acids is 1. The fourth-order valence-corrected chi connectivity index (χ4v) is 6.27. The number of nitrogens with one attached hydrogen (secondary N) is 1. The van der Waals surface area contributed by atoms with Gasteiger partial charge < -0.3 is 20.1 Å². The van der Waals surface area contributed by atoms with Gasteiger partial charge >= 0.3 is 0 Å². The van der Waals surface area contributed by atoms with Crippen LogP contribution in [0.3, 0.4) is 0 Å². The van der Waals surface area contributed by atoms with E-state index < -0.39 is 6.10 Å². The number of piperazine rings is 1. The summed E-state index contributed by atoms with van der Waals surface area (Å²) in [6.07, 6.45) is 3.06. The zero-order valence-corrected chi connectivity index (χ0v) is 21.9. The van der Waals surface area contributed by atoms with Crippen LogP contribution in [-0.4, -0.2) is 76.9 Å². The van der Waals surface area contributed by atoms with Crippen molar-refractivity contribution >= 4 is 39.8 Å². The molecule has 9 heteroatoms. The van der Waals surface area contributed by atoms with Gasteiger partial charge in [-0.1, -0.05) is 24.6 Å². The summed E-state index contributed by atoms with van der Waals surface area (Å²) < 4.78 is 5.53. The number of benzene rings is 1. The van der Waals surface area contributed by atoms with Gasteiger partial charge in [-0.3, -0.25) is 14.7 Å². The number of anilines is 2. The molecular weight excluding hydrogens is 490 g/mol. The molecule has 0 unspecified atom stereocenters. The number of ether oxygens (including phenoxy) is 1. The van der Waals surface area contributed by atoms with Crippen LogP contribution in [0.2, 0.25) is 5.02 Å². The Labute approximate surface area is 221 Å². The lowest BCUT2D eigenvalue weighted by atomic mass is 9.95. The van der Waals surface area contributed by atoms with E-state index in [1.807, 2.05) is 30.3 Å². The molecule has 37 heavy (non-hydrogen) atoms. The molecule has 0 bridgehead atoms. The van der Waals surface area contributed by atoms with Gasteiger partial charge in [-0.05, 0) is 48.6 Å². The number of nitrogens with zero attached hydrogens (tertiary/aromatic N) is 4. The van der Waals surface area contributed by atoms with Gasteiger partial charge in [0.25, 0.3) is 0 Å². The summed E-state index contributed by atoms with van der Waals surface area (Å²) in [5.41, 5.74) is 1.59. The minimum Gasteiger partial charge on any atom is -0.389 e. The number of hydrogen-bond donors (Lipinski definition) is 2. The number of amides is 1. The summed E-state index contributed by atoms with van der Waals surface area (Å²) in [5.74, 6) is 0.808. The molecule has 6 rings (SSSR count). The SMILES string of the molecule is C[C@H]1[C@H](C(=O)Nc2cc3cc(N4CCN([C@]5(C)COC[C@@H]5O)CC4)c(Cl)cc3cn2)[C@H]1c1ccccn1. The summed E-state index contributed by atoms with van der Waals surface area (Å²) in [5, 5.41) is 16.0. The van der Waals surface area contributed by atoms with Gasteiger partial charge in [-0.15, -0.1) is 0 Å². The average Bonchev–Trinajstić information content (AvgIpc) is 3.47. The fraction of sp³-hybridized carbons (Fsp3) is 0.464. The minimum absolute atomic E-state index is 0.0214. The van der Waals surface area contributed by atoms with Gasteiger partial charge in [0.2, 0.25) is 5.91 Å². The molecule has 5 atom stereocenters. The van der Waals surface area contributed by atoms with E-state index in [4.69, 9.17) is 16.3 Å². The zero-order chi connectivity index (χ0) is 25.7. The zero-order valence-electron chi connectivity index (χ0n) is 21.1. The van der Waals surface area contributed by atoms with Crippen molar-refractivity contribution in [1.82, 2.24) is 14.9 Å². The number of carbonyl (C=O) groups is 1. The van der Waals surface area contributed by atoms with Crippen molar-refractivity contribution in [3.05, 3.63) is 59.5 Å². The molecule has 1 saturated carbocycles. The van der Waals surface area contributed by atoms with Crippen LogP contribution in [0.4, 0.5) is 11.5 Å². The average molecular weight is 522 g/mol. The van der Waals surface area contributed by atoms with Crippen LogP contribution in [0.1, 0.15) is 25.5 Å². The molecule has 0 spiro atoms. The predicted molar refractivity (Wildman–Crippen MR) is 144 cm³/mol.